The first-order chi connectivity index (χ1) is 7.86. The third kappa shape index (κ3) is 1.59. The number of nitrogens with zero attached hydrogens (tertiary/aromatic N) is 4. The van der Waals surface area contributed by atoms with Crippen LogP contribution in [0.4, 0.5) is 0 Å². The van der Waals surface area contributed by atoms with Crippen molar-refractivity contribution < 1.29 is 0 Å². The maximum Gasteiger partial charge on any atom is 0.128 e. The van der Waals surface area contributed by atoms with Gasteiger partial charge < -0.3 is 9.80 Å². The smallest absolute Gasteiger partial charge is 0.128 e. The maximum absolute atomic E-state index is 4.80. The van der Waals surface area contributed by atoms with E-state index in [-0.39, 0.29) is 6.04 Å². The molecule has 3 atom stereocenters. The molecule has 0 saturated carbocycles. The number of hydrogen-bond acceptors (Lipinski definition) is 4. The van der Waals surface area contributed by atoms with Gasteiger partial charge in [-0.25, -0.2) is 0 Å². The molecule has 2 aliphatic rings. The fourth-order valence-electron chi connectivity index (χ4n) is 2.51. The fraction of sp³-hybridized carbons (Fsp3) is 0.615. The summed E-state index contributed by atoms with van der Waals surface area (Å²) in [6.07, 6.45) is 0. The molecule has 0 aromatic heterocycles. The number of aliphatic imine (C=N–C) groups is 1. The van der Waals surface area contributed by atoms with E-state index in [2.05, 4.69) is 43.9 Å². The fourth-order valence-corrected chi connectivity index (χ4v) is 2.51. The molecule has 0 radical (unpaired) electrons. The largest absolute Gasteiger partial charge is 0.334 e. The summed E-state index contributed by atoms with van der Waals surface area (Å²) in [5.74, 6) is 1.99. The van der Waals surface area contributed by atoms with Crippen LogP contribution in [0.15, 0.2) is 29.7 Å². The van der Waals surface area contributed by atoms with Gasteiger partial charge in [0.05, 0.1) is 6.04 Å². The van der Waals surface area contributed by atoms with Crippen molar-refractivity contribution in [1.29, 1.82) is 0 Å². The lowest BCUT2D eigenvalue weighted by molar-refractivity contribution is 0.161. The Bertz CT molecular complexity index is 398. The second-order valence-corrected chi connectivity index (χ2v) is 5.06. The van der Waals surface area contributed by atoms with Crippen molar-refractivity contribution in [3.63, 3.8) is 0 Å². The predicted molar refractivity (Wildman–Crippen MR) is 71.7 cm³/mol. The Kier molecular flexibility index (Phi) is 2.78. The van der Waals surface area contributed by atoms with Crippen LogP contribution < -0.4 is 0 Å². The Morgan fingerprint density at radius 1 is 1.06 bits per heavy atom. The number of rotatable bonds is 0. The molecule has 2 heterocycles. The summed E-state index contributed by atoms with van der Waals surface area (Å²) in [5, 5.41) is 0. The standard InChI is InChI=1S/C13H22N4/c1-8-9(2)16(6)12-10(3)15(5)11(4)17(7)13(12)14-8/h8-9,12H,3-4H2,1-2,5-7H3. The van der Waals surface area contributed by atoms with Crippen LogP contribution in [-0.2, 0) is 0 Å². The highest BCUT2D eigenvalue weighted by Crippen LogP contribution is 2.31. The molecule has 0 bridgehead atoms. The van der Waals surface area contributed by atoms with Crippen molar-refractivity contribution in [2.24, 2.45) is 4.99 Å². The quantitative estimate of drug-likeness (QED) is 0.631. The van der Waals surface area contributed by atoms with Crippen LogP contribution in [0.5, 0.6) is 0 Å². The highest BCUT2D eigenvalue weighted by Gasteiger charge is 2.41. The maximum atomic E-state index is 4.80. The van der Waals surface area contributed by atoms with Gasteiger partial charge in [-0.05, 0) is 20.9 Å². The van der Waals surface area contributed by atoms with E-state index in [1.165, 1.54) is 0 Å². The molecule has 0 aliphatic carbocycles. The lowest BCUT2D eigenvalue weighted by Crippen LogP contribution is -2.61. The van der Waals surface area contributed by atoms with E-state index in [1.807, 2.05) is 19.0 Å². The van der Waals surface area contributed by atoms with Crippen LogP contribution >= 0.6 is 0 Å². The molecule has 2 rings (SSSR count). The third-order valence-electron chi connectivity index (χ3n) is 4.19. The average Bonchev–Trinajstić information content (AvgIpc) is 2.30. The molecule has 0 aromatic rings. The van der Waals surface area contributed by atoms with Crippen LogP contribution in [0.1, 0.15) is 13.8 Å². The van der Waals surface area contributed by atoms with Gasteiger partial charge in [0.2, 0.25) is 0 Å². The molecule has 17 heavy (non-hydrogen) atoms. The van der Waals surface area contributed by atoms with Gasteiger partial charge in [-0.1, -0.05) is 13.2 Å². The monoisotopic (exact) mass is 234 g/mol. The van der Waals surface area contributed by atoms with Gasteiger partial charge in [0, 0.05) is 25.8 Å². The molecule has 0 aromatic carbocycles. The minimum absolute atomic E-state index is 0.168. The Labute approximate surface area is 104 Å². The molecule has 0 amide bonds. The minimum Gasteiger partial charge on any atom is -0.334 e. The zero-order chi connectivity index (χ0) is 12.9. The highest BCUT2D eigenvalue weighted by atomic mass is 15.4. The molecule has 4 nitrogen and oxygen atoms in total. The normalized spacial score (nSPS) is 34.9. The summed E-state index contributed by atoms with van der Waals surface area (Å²) in [6.45, 7) is 12.6. The van der Waals surface area contributed by atoms with Crippen LogP contribution in [0, 0.1) is 0 Å². The SMILES string of the molecule is C=C1C2C(=NC(C)C(C)N2C)N(C)C(=C)N1C. The molecule has 1 fully saturated rings. The van der Waals surface area contributed by atoms with E-state index in [0.717, 1.165) is 17.4 Å². The zero-order valence-corrected chi connectivity index (χ0v) is 11.4. The van der Waals surface area contributed by atoms with Crippen LogP contribution in [0.2, 0.25) is 0 Å². The van der Waals surface area contributed by atoms with E-state index in [9.17, 15) is 0 Å². The van der Waals surface area contributed by atoms with Gasteiger partial charge in [-0.15, -0.1) is 0 Å². The van der Waals surface area contributed by atoms with Gasteiger partial charge in [-0.2, -0.15) is 0 Å². The second-order valence-electron chi connectivity index (χ2n) is 5.06. The van der Waals surface area contributed by atoms with Crippen LogP contribution in [0.3, 0.4) is 0 Å². The lowest BCUT2D eigenvalue weighted by Gasteiger charge is -2.50. The Hall–Kier alpha value is -1.29. The van der Waals surface area contributed by atoms with E-state index in [0.29, 0.717) is 12.1 Å². The zero-order valence-electron chi connectivity index (χ0n) is 11.4. The molecular formula is C13H22N4. The second kappa shape index (κ2) is 3.88. The first-order valence-corrected chi connectivity index (χ1v) is 6.01. The van der Waals surface area contributed by atoms with Crippen molar-refractivity contribution in [2.45, 2.75) is 32.0 Å². The van der Waals surface area contributed by atoms with Crippen LogP contribution in [0.25, 0.3) is 0 Å². The van der Waals surface area contributed by atoms with Gasteiger partial charge in [0.25, 0.3) is 0 Å². The molecule has 1 saturated heterocycles. The highest BCUT2D eigenvalue weighted by molar-refractivity contribution is 5.93. The number of likely N-dealkylation sites (N-methyl/N-ethyl adjacent to an activating group) is 3. The van der Waals surface area contributed by atoms with Crippen molar-refractivity contribution in [3.05, 3.63) is 24.7 Å². The van der Waals surface area contributed by atoms with Crippen molar-refractivity contribution >= 4 is 5.84 Å². The van der Waals surface area contributed by atoms with Gasteiger partial charge in [0.1, 0.15) is 17.7 Å². The third-order valence-corrected chi connectivity index (χ3v) is 4.19. The van der Waals surface area contributed by atoms with Crippen molar-refractivity contribution in [2.75, 3.05) is 21.1 Å². The van der Waals surface area contributed by atoms with Crippen LogP contribution in [-0.4, -0.2) is 59.8 Å². The number of hydrogen-bond donors (Lipinski definition) is 0. The van der Waals surface area contributed by atoms with Crippen molar-refractivity contribution in [3.8, 4) is 0 Å². The number of amidine groups is 1. The van der Waals surface area contributed by atoms with E-state index in [4.69, 9.17) is 4.99 Å². The van der Waals surface area contributed by atoms with E-state index in [1.54, 1.807) is 0 Å². The molecular weight excluding hydrogens is 212 g/mol. The number of fused-ring (bicyclic) bond motifs is 1. The predicted octanol–water partition coefficient (Wildman–Crippen LogP) is 1.34. The Balaban J connectivity index is 2.48. The topological polar surface area (TPSA) is 22.1 Å². The van der Waals surface area contributed by atoms with Gasteiger partial charge >= 0.3 is 0 Å². The van der Waals surface area contributed by atoms with Gasteiger partial charge in [-0.3, -0.25) is 9.89 Å². The molecule has 94 valence electrons. The van der Waals surface area contributed by atoms with Gasteiger partial charge in [0.15, 0.2) is 0 Å². The first-order valence-electron chi connectivity index (χ1n) is 6.01. The summed E-state index contributed by atoms with van der Waals surface area (Å²) in [4.78, 5) is 11.3. The summed E-state index contributed by atoms with van der Waals surface area (Å²) in [5.41, 5.74) is 1.05. The molecule has 2 aliphatic heterocycles. The molecule has 0 spiro atoms. The molecule has 3 unspecified atom stereocenters. The van der Waals surface area contributed by atoms with E-state index < -0.39 is 0 Å². The Morgan fingerprint density at radius 2 is 1.65 bits per heavy atom. The lowest BCUT2D eigenvalue weighted by atomic mass is 9.99. The average molecular weight is 234 g/mol. The summed E-state index contributed by atoms with van der Waals surface area (Å²) >= 11 is 0. The first kappa shape index (κ1) is 12.2. The summed E-state index contributed by atoms with van der Waals surface area (Å²) in [6, 6.07) is 0.896. The minimum atomic E-state index is 0.168. The summed E-state index contributed by atoms with van der Waals surface area (Å²) in [7, 11) is 6.17. The molecule has 0 N–H and O–H groups in total. The Morgan fingerprint density at radius 3 is 2.24 bits per heavy atom. The van der Waals surface area contributed by atoms with E-state index >= 15 is 0 Å². The van der Waals surface area contributed by atoms with Crippen molar-refractivity contribution in [1.82, 2.24) is 14.7 Å². The molecule has 4 heteroatoms. The summed E-state index contributed by atoms with van der Waals surface area (Å²) < 4.78 is 0.